The van der Waals surface area contributed by atoms with Crippen molar-refractivity contribution in [2.24, 2.45) is 0 Å². The number of rotatable bonds is 6. The molecular weight excluding hydrogens is 284 g/mol. The fourth-order valence-corrected chi connectivity index (χ4v) is 3.83. The van der Waals surface area contributed by atoms with Gasteiger partial charge in [0.25, 0.3) is 0 Å². The Morgan fingerprint density at radius 3 is 2.35 bits per heavy atom. The zero-order valence-corrected chi connectivity index (χ0v) is 15.7. The molecule has 1 rings (SSSR count). The molecule has 1 atom stereocenters. The van der Waals surface area contributed by atoms with Gasteiger partial charge in [0.15, 0.2) is 0 Å². The zero-order chi connectivity index (χ0) is 15.4. The Hall–Kier alpha value is -0.0600. The minimum Gasteiger partial charge on any atom is -0.313 e. The van der Waals surface area contributed by atoms with Crippen LogP contribution in [-0.4, -0.2) is 28.1 Å². The predicted octanol–water partition coefficient (Wildman–Crippen LogP) is 4.49. The Balaban J connectivity index is 2.63. The molecule has 1 N–H and O–H groups in total. The number of nitrogens with one attached hydrogen (secondary N) is 1. The lowest BCUT2D eigenvalue weighted by Gasteiger charge is -2.23. The summed E-state index contributed by atoms with van der Waals surface area (Å²) in [6.45, 7) is 16.7. The first-order valence-corrected chi connectivity index (χ1v) is 9.30. The van der Waals surface area contributed by atoms with Crippen molar-refractivity contribution in [2.45, 2.75) is 71.1 Å². The van der Waals surface area contributed by atoms with Crippen molar-refractivity contribution >= 4 is 23.1 Å². The van der Waals surface area contributed by atoms with E-state index in [2.05, 4.69) is 59.2 Å². The Morgan fingerprint density at radius 2 is 1.90 bits per heavy atom. The molecule has 0 radical (unpaired) electrons. The normalized spacial score (nSPS) is 14.6. The van der Waals surface area contributed by atoms with Crippen molar-refractivity contribution in [3.63, 3.8) is 0 Å². The van der Waals surface area contributed by atoms with E-state index >= 15 is 0 Å². The summed E-state index contributed by atoms with van der Waals surface area (Å²) in [4.78, 5) is 4.82. The zero-order valence-electron chi connectivity index (χ0n) is 14.0. The molecule has 0 saturated carbocycles. The van der Waals surface area contributed by atoms with E-state index in [-0.39, 0.29) is 5.41 Å². The second-order valence-electron chi connectivity index (χ2n) is 7.26. The number of hydrogen-bond acceptors (Lipinski definition) is 4. The first kappa shape index (κ1) is 18.0. The molecule has 1 aromatic heterocycles. The molecule has 1 aromatic rings. The molecule has 0 aromatic carbocycles. The van der Waals surface area contributed by atoms with Crippen LogP contribution in [0.5, 0.6) is 0 Å². The molecule has 1 heterocycles. The highest BCUT2D eigenvalue weighted by Gasteiger charge is 2.20. The molecule has 0 saturated heterocycles. The lowest BCUT2D eigenvalue weighted by atomic mass is 9.93. The first-order valence-electron chi connectivity index (χ1n) is 7.44. The second kappa shape index (κ2) is 7.28. The van der Waals surface area contributed by atoms with E-state index in [0.717, 1.165) is 18.7 Å². The van der Waals surface area contributed by atoms with E-state index in [1.807, 2.05) is 11.8 Å². The molecule has 0 aliphatic rings. The van der Waals surface area contributed by atoms with Crippen LogP contribution in [0.4, 0.5) is 0 Å². The van der Waals surface area contributed by atoms with Gasteiger partial charge in [0.1, 0.15) is 0 Å². The first-order chi connectivity index (χ1) is 9.12. The van der Waals surface area contributed by atoms with Gasteiger partial charge >= 0.3 is 0 Å². The van der Waals surface area contributed by atoms with Crippen LogP contribution in [0.25, 0.3) is 0 Å². The Labute approximate surface area is 133 Å². The number of hydrogen-bond donors (Lipinski definition) is 1. The number of likely N-dealkylation sites (N-methyl/N-ethyl adjacent to an activating group) is 1. The van der Waals surface area contributed by atoms with Gasteiger partial charge in [-0.15, -0.1) is 11.3 Å². The van der Waals surface area contributed by atoms with Crippen LogP contribution in [0.1, 0.15) is 59.2 Å². The molecule has 2 nitrogen and oxygen atoms in total. The molecule has 1 unspecified atom stereocenters. The molecule has 0 spiro atoms. The summed E-state index contributed by atoms with van der Waals surface area (Å²) in [6, 6.07) is 0.517. The molecule has 0 aliphatic carbocycles. The van der Waals surface area contributed by atoms with Crippen LogP contribution in [0.2, 0.25) is 0 Å². The fraction of sp³-hybridized carbons (Fsp3) is 0.812. The van der Waals surface area contributed by atoms with Crippen LogP contribution in [0, 0.1) is 0 Å². The summed E-state index contributed by atoms with van der Waals surface area (Å²) in [5.41, 5.74) is 1.37. The standard InChI is InChI=1S/C16H30N2S2/c1-8-17-12(10-20-16(5,6)7)9-14-18-13(11-19-14)15(2,3)4/h11-12,17H,8-10H2,1-7H3. The van der Waals surface area contributed by atoms with Crippen LogP contribution in [0.3, 0.4) is 0 Å². The van der Waals surface area contributed by atoms with Gasteiger partial charge in [0.2, 0.25) is 0 Å². The van der Waals surface area contributed by atoms with E-state index in [1.54, 1.807) is 11.3 Å². The highest BCUT2D eigenvalue weighted by atomic mass is 32.2. The van der Waals surface area contributed by atoms with Gasteiger partial charge in [0.05, 0.1) is 10.7 Å². The molecule has 0 aliphatic heterocycles. The van der Waals surface area contributed by atoms with Gasteiger partial charge < -0.3 is 5.32 Å². The smallest absolute Gasteiger partial charge is 0.0944 e. The molecule has 0 fully saturated rings. The van der Waals surface area contributed by atoms with E-state index in [1.165, 1.54) is 10.7 Å². The van der Waals surface area contributed by atoms with E-state index in [0.29, 0.717) is 10.8 Å². The van der Waals surface area contributed by atoms with E-state index in [4.69, 9.17) is 4.98 Å². The quantitative estimate of drug-likeness (QED) is 0.837. The highest BCUT2D eigenvalue weighted by molar-refractivity contribution is 8.00. The lowest BCUT2D eigenvalue weighted by Crippen LogP contribution is -2.34. The van der Waals surface area contributed by atoms with Crippen molar-refractivity contribution in [1.82, 2.24) is 10.3 Å². The largest absolute Gasteiger partial charge is 0.313 e. The monoisotopic (exact) mass is 314 g/mol. The lowest BCUT2D eigenvalue weighted by molar-refractivity contribution is 0.553. The molecule has 0 bridgehead atoms. The summed E-state index contributed by atoms with van der Waals surface area (Å²) in [5.74, 6) is 1.14. The maximum absolute atomic E-state index is 4.82. The average Bonchev–Trinajstić information content (AvgIpc) is 2.73. The summed E-state index contributed by atoms with van der Waals surface area (Å²) in [6.07, 6.45) is 1.04. The topological polar surface area (TPSA) is 24.9 Å². The van der Waals surface area contributed by atoms with Gasteiger partial charge in [-0.25, -0.2) is 4.98 Å². The van der Waals surface area contributed by atoms with Gasteiger partial charge in [-0.05, 0) is 6.54 Å². The fourth-order valence-electron chi connectivity index (χ4n) is 1.79. The van der Waals surface area contributed by atoms with E-state index < -0.39 is 0 Å². The molecule has 20 heavy (non-hydrogen) atoms. The second-order valence-corrected chi connectivity index (χ2v) is 10.0. The summed E-state index contributed by atoms with van der Waals surface area (Å²) >= 11 is 3.83. The highest BCUT2D eigenvalue weighted by Crippen LogP contribution is 2.27. The third-order valence-electron chi connectivity index (χ3n) is 2.95. The van der Waals surface area contributed by atoms with Crippen LogP contribution >= 0.6 is 23.1 Å². The Kier molecular flexibility index (Phi) is 6.55. The van der Waals surface area contributed by atoms with Crippen molar-refractivity contribution in [3.8, 4) is 0 Å². The molecule has 4 heteroatoms. The van der Waals surface area contributed by atoms with Crippen molar-refractivity contribution in [1.29, 1.82) is 0 Å². The van der Waals surface area contributed by atoms with Gasteiger partial charge in [-0.2, -0.15) is 11.8 Å². The Bertz CT molecular complexity index is 399. The predicted molar refractivity (Wildman–Crippen MR) is 94.2 cm³/mol. The van der Waals surface area contributed by atoms with Crippen LogP contribution in [-0.2, 0) is 11.8 Å². The summed E-state index contributed by atoms with van der Waals surface area (Å²) < 4.78 is 0.327. The third kappa shape index (κ3) is 6.59. The third-order valence-corrected chi connectivity index (χ3v) is 5.26. The SMILES string of the molecule is CCNC(CSC(C)(C)C)Cc1nc(C(C)(C)C)cs1. The van der Waals surface area contributed by atoms with Crippen molar-refractivity contribution in [2.75, 3.05) is 12.3 Å². The summed E-state index contributed by atoms with van der Waals surface area (Å²) in [5, 5.41) is 7.07. The average molecular weight is 315 g/mol. The molecule has 116 valence electrons. The van der Waals surface area contributed by atoms with Gasteiger partial charge in [-0.3, -0.25) is 0 Å². The maximum Gasteiger partial charge on any atom is 0.0944 e. The molecular formula is C16H30N2S2. The van der Waals surface area contributed by atoms with Gasteiger partial charge in [-0.1, -0.05) is 48.5 Å². The number of aromatic nitrogens is 1. The van der Waals surface area contributed by atoms with Crippen LogP contribution in [0.15, 0.2) is 5.38 Å². The maximum atomic E-state index is 4.82. The van der Waals surface area contributed by atoms with Gasteiger partial charge in [0, 0.05) is 33.8 Å². The number of thiazole rings is 1. The number of nitrogens with zero attached hydrogens (tertiary/aromatic N) is 1. The van der Waals surface area contributed by atoms with Crippen LogP contribution < -0.4 is 5.32 Å². The minimum atomic E-state index is 0.155. The molecule has 0 amide bonds. The Morgan fingerprint density at radius 1 is 1.25 bits per heavy atom. The minimum absolute atomic E-state index is 0.155. The van der Waals surface area contributed by atoms with Crippen molar-refractivity contribution < 1.29 is 0 Å². The summed E-state index contributed by atoms with van der Waals surface area (Å²) in [7, 11) is 0. The van der Waals surface area contributed by atoms with E-state index in [9.17, 15) is 0 Å². The van der Waals surface area contributed by atoms with Crippen molar-refractivity contribution in [3.05, 3.63) is 16.1 Å². The number of thioether (sulfide) groups is 1.